The fourth-order valence-corrected chi connectivity index (χ4v) is 1.55. The molecule has 1 radical (unpaired) electrons. The van der Waals surface area contributed by atoms with Gasteiger partial charge in [-0.2, -0.15) is 0 Å². The molecule has 2 rings (SSSR count). The molecule has 0 saturated carbocycles. The van der Waals surface area contributed by atoms with E-state index in [9.17, 15) is 4.79 Å². The molecule has 0 aliphatic heterocycles. The molecule has 2 aromatic rings. The third-order valence-corrected chi connectivity index (χ3v) is 2.38. The van der Waals surface area contributed by atoms with Crippen molar-refractivity contribution in [3.05, 3.63) is 58.5 Å². The van der Waals surface area contributed by atoms with E-state index in [-0.39, 0.29) is 5.56 Å². The van der Waals surface area contributed by atoms with E-state index >= 15 is 0 Å². The second kappa shape index (κ2) is 4.08. The summed E-state index contributed by atoms with van der Waals surface area (Å²) in [4.78, 5) is 11.6. The van der Waals surface area contributed by atoms with Crippen molar-refractivity contribution in [2.24, 2.45) is 7.05 Å². The highest BCUT2D eigenvalue weighted by atomic mass is 16.1. The lowest BCUT2D eigenvalue weighted by Crippen LogP contribution is -2.18. The SMILES string of the molecule is C#Cc1cc(-c2c[c]ccc2)cn(C)c1=O. The number of benzene rings is 1. The van der Waals surface area contributed by atoms with Crippen LogP contribution in [0.1, 0.15) is 5.56 Å². The zero-order chi connectivity index (χ0) is 11.5. The molecular weight excluding hydrogens is 198 g/mol. The van der Waals surface area contributed by atoms with E-state index in [0.717, 1.165) is 11.1 Å². The smallest absolute Gasteiger partial charge is 0.266 e. The molecular formula is C14H10NO. The van der Waals surface area contributed by atoms with Gasteiger partial charge in [0.2, 0.25) is 0 Å². The minimum atomic E-state index is -0.147. The number of nitrogens with zero attached hydrogens (tertiary/aromatic N) is 1. The lowest BCUT2D eigenvalue weighted by atomic mass is 10.1. The van der Waals surface area contributed by atoms with Crippen LogP contribution in [0.3, 0.4) is 0 Å². The molecule has 1 aromatic carbocycles. The van der Waals surface area contributed by atoms with Crippen molar-refractivity contribution in [3.63, 3.8) is 0 Å². The van der Waals surface area contributed by atoms with Crippen molar-refractivity contribution in [1.82, 2.24) is 4.57 Å². The maximum absolute atomic E-state index is 11.6. The molecule has 16 heavy (non-hydrogen) atoms. The maximum Gasteiger partial charge on any atom is 0.266 e. The lowest BCUT2D eigenvalue weighted by molar-refractivity contribution is 0.858. The Kier molecular flexibility index (Phi) is 2.61. The standard InChI is InChI=1S/C14H10NO/c1-3-11-9-13(10-15(2)14(11)16)12-7-5-4-6-8-12/h1,4-5,7-10H,2H3. The molecule has 0 spiro atoms. The van der Waals surface area contributed by atoms with Gasteiger partial charge in [0.05, 0.1) is 5.56 Å². The van der Waals surface area contributed by atoms with Crippen LogP contribution in [0.2, 0.25) is 0 Å². The van der Waals surface area contributed by atoms with Gasteiger partial charge in [0, 0.05) is 13.2 Å². The number of rotatable bonds is 1. The van der Waals surface area contributed by atoms with E-state index in [1.807, 2.05) is 24.3 Å². The van der Waals surface area contributed by atoms with Crippen LogP contribution in [0, 0.1) is 18.4 Å². The van der Waals surface area contributed by atoms with Gasteiger partial charge in [-0.1, -0.05) is 24.1 Å². The molecule has 0 aliphatic carbocycles. The van der Waals surface area contributed by atoms with Crippen LogP contribution < -0.4 is 5.56 Å². The Bertz CT molecular complexity index is 603. The molecule has 2 nitrogen and oxygen atoms in total. The Morgan fingerprint density at radius 1 is 1.44 bits per heavy atom. The summed E-state index contributed by atoms with van der Waals surface area (Å²) in [5, 5.41) is 0. The molecule has 0 bridgehead atoms. The van der Waals surface area contributed by atoms with Gasteiger partial charge in [0.25, 0.3) is 5.56 Å². The van der Waals surface area contributed by atoms with Crippen molar-refractivity contribution in [1.29, 1.82) is 0 Å². The molecule has 0 atom stereocenters. The number of aromatic nitrogens is 1. The Morgan fingerprint density at radius 3 is 2.88 bits per heavy atom. The van der Waals surface area contributed by atoms with E-state index in [4.69, 9.17) is 6.42 Å². The average Bonchev–Trinajstić information content (AvgIpc) is 2.33. The van der Waals surface area contributed by atoms with Crippen LogP contribution in [0.25, 0.3) is 11.1 Å². The van der Waals surface area contributed by atoms with Crippen molar-refractivity contribution in [2.45, 2.75) is 0 Å². The first-order valence-corrected chi connectivity index (χ1v) is 4.86. The summed E-state index contributed by atoms with van der Waals surface area (Å²) in [5.41, 5.74) is 2.15. The van der Waals surface area contributed by atoms with E-state index in [0.29, 0.717) is 5.56 Å². The van der Waals surface area contributed by atoms with E-state index in [2.05, 4.69) is 12.0 Å². The van der Waals surface area contributed by atoms with Gasteiger partial charge >= 0.3 is 0 Å². The molecule has 0 fully saturated rings. The van der Waals surface area contributed by atoms with E-state index in [1.54, 1.807) is 19.3 Å². The van der Waals surface area contributed by atoms with Crippen LogP contribution in [-0.2, 0) is 7.05 Å². The minimum Gasteiger partial charge on any atom is -0.317 e. The monoisotopic (exact) mass is 208 g/mol. The predicted molar refractivity (Wildman–Crippen MR) is 63.9 cm³/mol. The van der Waals surface area contributed by atoms with Gasteiger partial charge in [-0.25, -0.2) is 0 Å². The summed E-state index contributed by atoms with van der Waals surface area (Å²) < 4.78 is 1.50. The van der Waals surface area contributed by atoms with Gasteiger partial charge in [-0.05, 0) is 29.3 Å². The third kappa shape index (κ3) is 1.76. The number of terminal acetylenes is 1. The molecule has 0 amide bonds. The quantitative estimate of drug-likeness (QED) is 0.655. The van der Waals surface area contributed by atoms with E-state index in [1.165, 1.54) is 4.57 Å². The largest absolute Gasteiger partial charge is 0.317 e. The molecule has 0 unspecified atom stereocenters. The topological polar surface area (TPSA) is 22.0 Å². The van der Waals surface area contributed by atoms with Crippen LogP contribution in [-0.4, -0.2) is 4.57 Å². The molecule has 1 heterocycles. The summed E-state index contributed by atoms with van der Waals surface area (Å²) in [6, 6.07) is 12.3. The van der Waals surface area contributed by atoms with Crippen molar-refractivity contribution >= 4 is 0 Å². The van der Waals surface area contributed by atoms with Crippen LogP contribution >= 0.6 is 0 Å². The number of pyridine rings is 1. The lowest BCUT2D eigenvalue weighted by Gasteiger charge is -2.05. The number of aryl methyl sites for hydroxylation is 1. The fourth-order valence-electron chi connectivity index (χ4n) is 1.55. The van der Waals surface area contributed by atoms with Gasteiger partial charge < -0.3 is 4.57 Å². The fraction of sp³-hybridized carbons (Fsp3) is 0.0714. The molecule has 1 aromatic heterocycles. The van der Waals surface area contributed by atoms with Crippen LogP contribution in [0.15, 0.2) is 41.3 Å². The summed E-state index contributed by atoms with van der Waals surface area (Å²) in [5.74, 6) is 2.40. The maximum atomic E-state index is 11.6. The molecule has 2 heteroatoms. The Morgan fingerprint density at radius 2 is 2.25 bits per heavy atom. The van der Waals surface area contributed by atoms with Crippen LogP contribution in [0.5, 0.6) is 0 Å². The second-order valence-corrected chi connectivity index (χ2v) is 3.49. The number of hydrogen-bond acceptors (Lipinski definition) is 1. The first-order chi connectivity index (χ1) is 7.72. The first-order valence-electron chi connectivity index (χ1n) is 4.86. The van der Waals surface area contributed by atoms with Gasteiger partial charge in [0.15, 0.2) is 0 Å². The Hall–Kier alpha value is -2.27. The Balaban J connectivity index is 2.66. The van der Waals surface area contributed by atoms with Crippen molar-refractivity contribution in [3.8, 4) is 23.5 Å². The number of hydrogen-bond donors (Lipinski definition) is 0. The highest BCUT2D eigenvalue weighted by Crippen LogP contribution is 2.17. The van der Waals surface area contributed by atoms with Crippen LogP contribution in [0.4, 0.5) is 0 Å². The molecule has 0 aliphatic rings. The third-order valence-electron chi connectivity index (χ3n) is 2.38. The van der Waals surface area contributed by atoms with Gasteiger partial charge in [-0.3, -0.25) is 4.79 Å². The van der Waals surface area contributed by atoms with Crippen molar-refractivity contribution < 1.29 is 0 Å². The zero-order valence-electron chi connectivity index (χ0n) is 8.90. The summed E-state index contributed by atoms with van der Waals surface area (Å²) >= 11 is 0. The predicted octanol–water partition coefficient (Wildman–Crippen LogP) is 1.83. The second-order valence-electron chi connectivity index (χ2n) is 3.49. The normalized spacial score (nSPS) is 9.75. The van der Waals surface area contributed by atoms with Gasteiger partial charge in [-0.15, -0.1) is 6.42 Å². The van der Waals surface area contributed by atoms with E-state index < -0.39 is 0 Å². The first kappa shape index (κ1) is 10.3. The average molecular weight is 208 g/mol. The summed E-state index contributed by atoms with van der Waals surface area (Å²) in [6.07, 6.45) is 7.07. The van der Waals surface area contributed by atoms with Crippen molar-refractivity contribution in [2.75, 3.05) is 0 Å². The highest BCUT2D eigenvalue weighted by molar-refractivity contribution is 5.63. The summed E-state index contributed by atoms with van der Waals surface area (Å²) in [7, 11) is 1.69. The zero-order valence-corrected chi connectivity index (χ0v) is 8.90. The molecule has 0 saturated heterocycles. The highest BCUT2D eigenvalue weighted by Gasteiger charge is 2.03. The minimum absolute atomic E-state index is 0.147. The van der Waals surface area contributed by atoms with Gasteiger partial charge in [0.1, 0.15) is 0 Å². The molecule has 0 N–H and O–H groups in total. The Labute approximate surface area is 94.2 Å². The molecule has 77 valence electrons. The summed E-state index contributed by atoms with van der Waals surface area (Å²) in [6.45, 7) is 0.